The molecule has 0 aliphatic carbocycles. The molecule has 0 fully saturated rings. The van der Waals surface area contributed by atoms with Gasteiger partial charge in [-0.05, 0) is 25.7 Å². The Morgan fingerprint density at radius 1 is 1.26 bits per heavy atom. The first-order chi connectivity index (χ1) is 10.8. The number of carbonyl (C=O) groups is 2. The number of carbonyl (C=O) groups excluding carboxylic acids is 1. The predicted molar refractivity (Wildman–Crippen MR) is 80.9 cm³/mol. The lowest BCUT2D eigenvalue weighted by Crippen LogP contribution is -2.40. The Balaban J connectivity index is 3.90. The van der Waals surface area contributed by atoms with Gasteiger partial charge in [-0.25, -0.2) is 4.79 Å². The van der Waals surface area contributed by atoms with E-state index in [0.717, 1.165) is 0 Å². The van der Waals surface area contributed by atoms with Crippen molar-refractivity contribution in [3.63, 3.8) is 0 Å². The van der Waals surface area contributed by atoms with E-state index in [1.165, 1.54) is 0 Å². The van der Waals surface area contributed by atoms with Crippen LogP contribution in [0.5, 0.6) is 0 Å². The summed E-state index contributed by atoms with van der Waals surface area (Å²) in [6, 6.07) is -0.991. The first-order valence-electron chi connectivity index (χ1n) is 7.17. The first kappa shape index (κ1) is 20.4. The van der Waals surface area contributed by atoms with Gasteiger partial charge in [0.2, 0.25) is 5.91 Å². The summed E-state index contributed by atoms with van der Waals surface area (Å²) in [4.78, 5) is 40.5. The van der Waals surface area contributed by atoms with Crippen molar-refractivity contribution in [1.82, 2.24) is 5.32 Å². The van der Waals surface area contributed by atoms with E-state index in [2.05, 4.69) is 15.1 Å². The Labute approximate surface area is 133 Å². The van der Waals surface area contributed by atoms with Crippen LogP contribution in [-0.4, -0.2) is 47.2 Å². The quantitative estimate of drug-likeness (QED) is 0.113. The zero-order valence-electron chi connectivity index (χ0n) is 12.8. The fourth-order valence-corrected chi connectivity index (χ4v) is 1.73. The maximum Gasteiger partial charge on any atom is 0.326 e. The smallest absolute Gasteiger partial charge is 0.326 e. The molecule has 1 atom stereocenters. The van der Waals surface area contributed by atoms with Gasteiger partial charge in [-0.3, -0.25) is 9.79 Å². The molecular formula is C12H23N5O6. The van der Waals surface area contributed by atoms with E-state index >= 15 is 0 Å². The highest BCUT2D eigenvalue weighted by atomic mass is 16.9. The average molecular weight is 333 g/mol. The van der Waals surface area contributed by atoms with Crippen LogP contribution in [-0.2, 0) is 14.4 Å². The molecule has 0 aromatic heterocycles. The number of nitrogens with zero attached hydrogens (tertiary/aromatic N) is 2. The summed E-state index contributed by atoms with van der Waals surface area (Å²) in [6.45, 7) is 0.273. The number of hydrogen-bond donors (Lipinski definition) is 4. The van der Waals surface area contributed by atoms with E-state index < -0.39 is 17.1 Å². The molecule has 0 saturated carbocycles. The van der Waals surface area contributed by atoms with Crippen molar-refractivity contribution >= 4 is 17.8 Å². The van der Waals surface area contributed by atoms with Crippen LogP contribution in [0.1, 0.15) is 38.5 Å². The van der Waals surface area contributed by atoms with E-state index in [1.54, 1.807) is 0 Å². The third kappa shape index (κ3) is 12.8. The standard InChI is InChI=1S/C12H23N5O6/c13-12(14)15-7-4-5-9(11(19)20)16-10(18)6-2-1-3-8-23-17(21)22/h9H,1-8H2,(H,16,18)(H,19,20)(H4,13,14,15). The SMILES string of the molecule is NC(N)=NCCCC(NC(=O)CCCCCO[N+](=O)[O-])C(=O)O. The van der Waals surface area contributed by atoms with E-state index in [-0.39, 0.29) is 31.3 Å². The minimum absolute atomic E-state index is 0.0167. The number of nitrogens with two attached hydrogens (primary N) is 2. The first-order valence-corrected chi connectivity index (χ1v) is 7.17. The normalized spacial score (nSPS) is 11.3. The Morgan fingerprint density at radius 3 is 2.52 bits per heavy atom. The lowest BCUT2D eigenvalue weighted by molar-refractivity contribution is -0.757. The fraction of sp³-hybridized carbons (Fsp3) is 0.750. The molecule has 0 saturated heterocycles. The largest absolute Gasteiger partial charge is 0.480 e. The summed E-state index contributed by atoms with van der Waals surface area (Å²) in [6.07, 6.45) is 2.31. The number of carboxylic acid groups (broad SMARTS) is 1. The van der Waals surface area contributed by atoms with Gasteiger partial charge >= 0.3 is 5.97 Å². The molecule has 0 aliphatic rings. The van der Waals surface area contributed by atoms with Crippen LogP contribution in [0, 0.1) is 10.1 Å². The topological polar surface area (TPSA) is 183 Å². The molecule has 11 nitrogen and oxygen atoms in total. The molecule has 1 amide bonds. The molecule has 1 unspecified atom stereocenters. The summed E-state index contributed by atoms with van der Waals surface area (Å²) < 4.78 is 0. The Bertz CT molecular complexity index is 424. The molecule has 0 aromatic rings. The Hall–Kier alpha value is -2.59. The number of rotatable bonds is 13. The molecule has 0 aromatic carbocycles. The molecule has 23 heavy (non-hydrogen) atoms. The third-order valence-corrected chi connectivity index (χ3v) is 2.82. The Kier molecular flexibility index (Phi) is 10.7. The minimum atomic E-state index is -1.12. The second kappa shape index (κ2) is 12.0. The van der Waals surface area contributed by atoms with Gasteiger partial charge in [-0.1, -0.05) is 6.42 Å². The van der Waals surface area contributed by atoms with E-state index in [9.17, 15) is 19.7 Å². The number of aliphatic carboxylic acids is 1. The van der Waals surface area contributed by atoms with Crippen LogP contribution in [0.3, 0.4) is 0 Å². The molecule has 0 heterocycles. The number of guanidine groups is 1. The van der Waals surface area contributed by atoms with Crippen LogP contribution < -0.4 is 16.8 Å². The number of hydrogen-bond acceptors (Lipinski definition) is 6. The van der Waals surface area contributed by atoms with Crippen LogP contribution in [0.4, 0.5) is 0 Å². The lowest BCUT2D eigenvalue weighted by Gasteiger charge is -2.14. The van der Waals surface area contributed by atoms with Crippen molar-refractivity contribution < 1.29 is 24.6 Å². The molecule has 0 radical (unpaired) electrons. The number of carboxylic acids is 1. The van der Waals surface area contributed by atoms with Crippen molar-refractivity contribution in [1.29, 1.82) is 0 Å². The molecule has 132 valence electrons. The van der Waals surface area contributed by atoms with Crippen LogP contribution in [0.15, 0.2) is 4.99 Å². The molecule has 11 heteroatoms. The van der Waals surface area contributed by atoms with Crippen molar-refractivity contribution in [3.05, 3.63) is 10.1 Å². The van der Waals surface area contributed by atoms with Gasteiger partial charge in [-0.2, -0.15) is 0 Å². The lowest BCUT2D eigenvalue weighted by atomic mass is 10.1. The van der Waals surface area contributed by atoms with Gasteiger partial charge in [-0.15, -0.1) is 10.1 Å². The molecule has 6 N–H and O–H groups in total. The summed E-state index contributed by atoms with van der Waals surface area (Å²) in [5, 5.41) is 20.5. The van der Waals surface area contributed by atoms with Gasteiger partial charge in [0.1, 0.15) is 6.04 Å². The van der Waals surface area contributed by atoms with E-state index in [1.807, 2.05) is 0 Å². The van der Waals surface area contributed by atoms with Gasteiger partial charge < -0.3 is 26.7 Å². The molecule has 0 bridgehead atoms. The van der Waals surface area contributed by atoms with Crippen molar-refractivity contribution in [2.45, 2.75) is 44.6 Å². The van der Waals surface area contributed by atoms with Crippen LogP contribution in [0.2, 0.25) is 0 Å². The second-order valence-corrected chi connectivity index (χ2v) is 4.77. The Morgan fingerprint density at radius 2 is 1.96 bits per heavy atom. The summed E-state index contributed by atoms with van der Waals surface area (Å²) in [5.74, 6) is -1.57. The van der Waals surface area contributed by atoms with Crippen molar-refractivity contribution in [2.24, 2.45) is 16.5 Å². The van der Waals surface area contributed by atoms with E-state index in [4.69, 9.17) is 16.6 Å². The summed E-state index contributed by atoms with van der Waals surface area (Å²) >= 11 is 0. The van der Waals surface area contributed by atoms with Gasteiger partial charge in [0.15, 0.2) is 5.96 Å². The highest BCUT2D eigenvalue weighted by Gasteiger charge is 2.18. The monoisotopic (exact) mass is 333 g/mol. The van der Waals surface area contributed by atoms with Crippen molar-refractivity contribution in [3.8, 4) is 0 Å². The predicted octanol–water partition coefficient (Wildman–Crippen LogP) is -0.622. The number of aliphatic imine (C=N–C) groups is 1. The van der Waals surface area contributed by atoms with E-state index in [0.29, 0.717) is 32.2 Å². The number of nitrogens with one attached hydrogen (secondary N) is 1. The van der Waals surface area contributed by atoms with Crippen molar-refractivity contribution in [2.75, 3.05) is 13.2 Å². The zero-order chi connectivity index (χ0) is 17.7. The van der Waals surface area contributed by atoms with Crippen LogP contribution in [0.25, 0.3) is 0 Å². The number of amides is 1. The second-order valence-electron chi connectivity index (χ2n) is 4.77. The number of unbranched alkanes of at least 4 members (excludes halogenated alkanes) is 2. The summed E-state index contributed by atoms with van der Waals surface area (Å²) in [7, 11) is 0. The molecule has 0 aliphatic heterocycles. The average Bonchev–Trinajstić information content (AvgIpc) is 2.45. The maximum atomic E-state index is 11.7. The molecule has 0 spiro atoms. The van der Waals surface area contributed by atoms with Gasteiger partial charge in [0.25, 0.3) is 5.09 Å². The third-order valence-electron chi connectivity index (χ3n) is 2.82. The maximum absolute atomic E-state index is 11.7. The molecule has 0 rings (SSSR count). The van der Waals surface area contributed by atoms with Gasteiger partial charge in [0, 0.05) is 13.0 Å². The van der Waals surface area contributed by atoms with Crippen LogP contribution >= 0.6 is 0 Å². The minimum Gasteiger partial charge on any atom is -0.480 e. The van der Waals surface area contributed by atoms with Gasteiger partial charge in [0.05, 0.1) is 6.61 Å². The fourth-order valence-electron chi connectivity index (χ4n) is 1.73. The molecular weight excluding hydrogens is 310 g/mol. The zero-order valence-corrected chi connectivity index (χ0v) is 12.8. The highest BCUT2D eigenvalue weighted by molar-refractivity contribution is 5.83. The summed E-state index contributed by atoms with van der Waals surface area (Å²) in [5.41, 5.74) is 10.3. The highest BCUT2D eigenvalue weighted by Crippen LogP contribution is 2.03.